The summed E-state index contributed by atoms with van der Waals surface area (Å²) in [5.74, 6) is -1.07. The molecule has 1 aromatic carbocycles. The zero-order valence-electron chi connectivity index (χ0n) is 13.4. The molecule has 3 rings (SSSR count). The van der Waals surface area contributed by atoms with E-state index in [1.165, 1.54) is 23.5 Å². The van der Waals surface area contributed by atoms with Gasteiger partial charge >= 0.3 is 0 Å². The first-order valence-corrected chi connectivity index (χ1v) is 8.84. The molecule has 1 atom stereocenters. The second-order valence-corrected chi connectivity index (χ2v) is 6.74. The van der Waals surface area contributed by atoms with Crippen LogP contribution in [0.25, 0.3) is 0 Å². The molecule has 2 heterocycles. The second kappa shape index (κ2) is 7.57. The highest BCUT2D eigenvalue weighted by atomic mass is 32.1. The van der Waals surface area contributed by atoms with Crippen LogP contribution >= 0.6 is 11.3 Å². The van der Waals surface area contributed by atoms with Crippen molar-refractivity contribution >= 4 is 29.1 Å². The molecule has 2 aromatic rings. The molecule has 1 aliphatic rings. The Labute approximate surface area is 148 Å². The number of likely N-dealkylation sites (tertiary alicyclic amines) is 1. The minimum Gasteiger partial charge on any atom is -0.344 e. The van der Waals surface area contributed by atoms with E-state index in [1.807, 2.05) is 17.5 Å². The number of nitrogens with zero attached hydrogens (tertiary/aromatic N) is 1. The van der Waals surface area contributed by atoms with E-state index in [2.05, 4.69) is 5.32 Å². The maximum Gasteiger partial charge on any atom is 0.229 e. The third kappa shape index (κ3) is 4.11. The maximum atomic E-state index is 13.2. The van der Waals surface area contributed by atoms with Crippen LogP contribution in [0.3, 0.4) is 0 Å². The van der Waals surface area contributed by atoms with Crippen LogP contribution < -0.4 is 5.32 Å². The molecule has 1 aliphatic heterocycles. The summed E-state index contributed by atoms with van der Waals surface area (Å²) in [5.41, 5.74) is 0.769. The summed E-state index contributed by atoms with van der Waals surface area (Å²) in [4.78, 5) is 37.6. The quantitative estimate of drug-likeness (QED) is 0.806. The molecule has 0 spiro atoms. The lowest BCUT2D eigenvalue weighted by atomic mass is 10.0. The average Bonchev–Trinajstić information content (AvgIpc) is 3.23. The van der Waals surface area contributed by atoms with Crippen LogP contribution in [-0.2, 0) is 14.4 Å². The standard InChI is InChI=1S/C18H17FN2O3S/c19-13-5-3-12(4-6-13)18(14-2-1-11-25-14)20-15(22)9-10-21-16(23)7-8-17(21)24/h1-6,11,18H,7-10H2,(H,20,22)/t18-/m0/s1. The van der Waals surface area contributed by atoms with Gasteiger partial charge in [0.2, 0.25) is 17.7 Å². The Morgan fingerprint density at radius 2 is 1.84 bits per heavy atom. The molecule has 0 aliphatic carbocycles. The van der Waals surface area contributed by atoms with Crippen molar-refractivity contribution in [2.45, 2.75) is 25.3 Å². The van der Waals surface area contributed by atoms with E-state index < -0.39 is 6.04 Å². The van der Waals surface area contributed by atoms with Gasteiger partial charge in [-0.1, -0.05) is 18.2 Å². The normalized spacial score (nSPS) is 15.5. The molecule has 1 N–H and O–H groups in total. The van der Waals surface area contributed by atoms with Crippen molar-refractivity contribution in [3.63, 3.8) is 0 Å². The van der Waals surface area contributed by atoms with Crippen LogP contribution in [0, 0.1) is 5.82 Å². The van der Waals surface area contributed by atoms with Crippen molar-refractivity contribution in [1.82, 2.24) is 10.2 Å². The summed E-state index contributed by atoms with van der Waals surface area (Å²) in [5, 5.41) is 4.81. The van der Waals surface area contributed by atoms with Crippen LogP contribution in [0.15, 0.2) is 41.8 Å². The fourth-order valence-corrected chi connectivity index (χ4v) is 3.55. The molecule has 0 unspecified atom stereocenters. The van der Waals surface area contributed by atoms with E-state index in [4.69, 9.17) is 0 Å². The lowest BCUT2D eigenvalue weighted by Crippen LogP contribution is -2.35. The lowest BCUT2D eigenvalue weighted by molar-refractivity contribution is -0.138. The Balaban J connectivity index is 1.68. The first kappa shape index (κ1) is 17.3. The van der Waals surface area contributed by atoms with Crippen molar-refractivity contribution in [2.24, 2.45) is 0 Å². The summed E-state index contributed by atoms with van der Waals surface area (Å²) in [6, 6.07) is 9.35. The Hall–Kier alpha value is -2.54. The van der Waals surface area contributed by atoms with Crippen LogP contribution in [0.1, 0.15) is 35.7 Å². The highest BCUT2D eigenvalue weighted by molar-refractivity contribution is 7.10. The van der Waals surface area contributed by atoms with E-state index in [1.54, 1.807) is 12.1 Å². The number of hydrogen-bond donors (Lipinski definition) is 1. The minimum absolute atomic E-state index is 0.0422. The van der Waals surface area contributed by atoms with Gasteiger partial charge in [0.1, 0.15) is 5.82 Å². The SMILES string of the molecule is O=C(CCN1C(=O)CCC1=O)N[C@@H](c1ccc(F)cc1)c1cccs1. The molecule has 1 saturated heterocycles. The molecule has 130 valence electrons. The van der Waals surface area contributed by atoms with Crippen molar-refractivity contribution in [3.05, 3.63) is 58.0 Å². The fourth-order valence-electron chi connectivity index (χ4n) is 2.75. The van der Waals surface area contributed by atoms with Gasteiger partial charge in [-0.25, -0.2) is 4.39 Å². The zero-order chi connectivity index (χ0) is 17.8. The smallest absolute Gasteiger partial charge is 0.229 e. The number of carbonyl (C=O) groups is 3. The van der Waals surface area contributed by atoms with Gasteiger partial charge in [-0.15, -0.1) is 11.3 Å². The Morgan fingerprint density at radius 3 is 2.44 bits per heavy atom. The maximum absolute atomic E-state index is 13.2. The number of imide groups is 1. The monoisotopic (exact) mass is 360 g/mol. The summed E-state index contributed by atoms with van der Waals surface area (Å²) in [6.07, 6.45) is 0.474. The Morgan fingerprint density at radius 1 is 1.16 bits per heavy atom. The first-order valence-electron chi connectivity index (χ1n) is 7.96. The molecule has 5 nitrogen and oxygen atoms in total. The topological polar surface area (TPSA) is 66.5 Å². The van der Waals surface area contributed by atoms with Crippen molar-refractivity contribution in [3.8, 4) is 0 Å². The number of amides is 3. The lowest BCUT2D eigenvalue weighted by Gasteiger charge is -2.19. The first-order chi connectivity index (χ1) is 12.0. The van der Waals surface area contributed by atoms with Gasteiger partial charge in [0.15, 0.2) is 0 Å². The number of benzene rings is 1. The minimum atomic E-state index is -0.391. The highest BCUT2D eigenvalue weighted by Gasteiger charge is 2.29. The van der Waals surface area contributed by atoms with Gasteiger partial charge in [-0.3, -0.25) is 19.3 Å². The Bertz CT molecular complexity index is 758. The molecule has 0 bridgehead atoms. The predicted molar refractivity (Wildman–Crippen MR) is 91.3 cm³/mol. The van der Waals surface area contributed by atoms with Crippen LogP contribution in [-0.4, -0.2) is 29.2 Å². The number of thiophene rings is 1. The molecule has 1 fully saturated rings. The van der Waals surface area contributed by atoms with Gasteiger partial charge in [-0.2, -0.15) is 0 Å². The summed E-state index contributed by atoms with van der Waals surface area (Å²) >= 11 is 1.49. The van der Waals surface area contributed by atoms with Crippen molar-refractivity contribution in [1.29, 1.82) is 0 Å². The van der Waals surface area contributed by atoms with E-state index in [-0.39, 0.29) is 49.3 Å². The number of carbonyl (C=O) groups excluding carboxylic acids is 3. The number of rotatable bonds is 6. The van der Waals surface area contributed by atoms with Gasteiger partial charge in [0.25, 0.3) is 0 Å². The van der Waals surface area contributed by atoms with Crippen molar-refractivity contribution in [2.75, 3.05) is 6.54 Å². The van der Waals surface area contributed by atoms with Crippen molar-refractivity contribution < 1.29 is 18.8 Å². The Kier molecular flexibility index (Phi) is 5.23. The second-order valence-electron chi connectivity index (χ2n) is 5.76. The van der Waals surface area contributed by atoms with E-state index in [0.717, 1.165) is 15.3 Å². The van der Waals surface area contributed by atoms with E-state index in [9.17, 15) is 18.8 Å². The molecular formula is C18H17FN2O3S. The van der Waals surface area contributed by atoms with Gasteiger partial charge in [0, 0.05) is 30.7 Å². The van der Waals surface area contributed by atoms with E-state index in [0.29, 0.717) is 0 Å². The molecular weight excluding hydrogens is 343 g/mol. The summed E-state index contributed by atoms with van der Waals surface area (Å²) < 4.78 is 13.2. The number of hydrogen-bond acceptors (Lipinski definition) is 4. The summed E-state index contributed by atoms with van der Waals surface area (Å²) in [7, 11) is 0. The third-order valence-corrected chi connectivity index (χ3v) is 4.99. The van der Waals surface area contributed by atoms with Gasteiger partial charge in [-0.05, 0) is 29.1 Å². The molecule has 7 heteroatoms. The molecule has 3 amide bonds. The van der Waals surface area contributed by atoms with Crippen LogP contribution in [0.4, 0.5) is 4.39 Å². The number of nitrogens with one attached hydrogen (secondary N) is 1. The number of halogens is 1. The summed E-state index contributed by atoms with van der Waals surface area (Å²) in [6.45, 7) is 0.0874. The molecule has 1 aromatic heterocycles. The largest absolute Gasteiger partial charge is 0.344 e. The fraction of sp³-hybridized carbons (Fsp3) is 0.278. The highest BCUT2D eigenvalue weighted by Crippen LogP contribution is 2.26. The van der Waals surface area contributed by atoms with Gasteiger partial charge < -0.3 is 5.32 Å². The van der Waals surface area contributed by atoms with E-state index >= 15 is 0 Å². The zero-order valence-corrected chi connectivity index (χ0v) is 14.2. The third-order valence-electron chi connectivity index (χ3n) is 4.05. The van der Waals surface area contributed by atoms with Crippen LogP contribution in [0.5, 0.6) is 0 Å². The molecule has 0 radical (unpaired) electrons. The van der Waals surface area contributed by atoms with Crippen LogP contribution in [0.2, 0.25) is 0 Å². The van der Waals surface area contributed by atoms with Gasteiger partial charge in [0.05, 0.1) is 6.04 Å². The predicted octanol–water partition coefficient (Wildman–Crippen LogP) is 2.63. The molecule has 0 saturated carbocycles. The molecule has 25 heavy (non-hydrogen) atoms. The average molecular weight is 360 g/mol.